The van der Waals surface area contributed by atoms with Crippen LogP contribution in [-0.2, 0) is 16.1 Å². The number of carboxylic acids is 1. The van der Waals surface area contributed by atoms with Gasteiger partial charge in [0.15, 0.2) is 0 Å². The zero-order chi connectivity index (χ0) is 16.4. The molecule has 1 aromatic heterocycles. The number of aromatic nitrogens is 1. The Bertz CT molecular complexity index is 654. The van der Waals surface area contributed by atoms with Crippen molar-refractivity contribution >= 4 is 11.9 Å². The molecule has 3 atom stereocenters. The number of hydrogen-bond donors (Lipinski definition) is 1. The Morgan fingerprint density at radius 1 is 1.22 bits per heavy atom. The highest BCUT2D eigenvalue weighted by Gasteiger charge is 2.47. The highest BCUT2D eigenvalue weighted by Crippen LogP contribution is 2.40. The van der Waals surface area contributed by atoms with Crippen LogP contribution in [0.4, 0.5) is 0 Å². The number of likely N-dealkylation sites (tertiary alicyclic amines) is 1. The molecule has 1 aliphatic heterocycles. The standard InChI is InChI=1S/C17H22N2O4/c20-15-7-3-4-9-18(15)10-8-16(21)19-13-6-2-1-5-12(13)11-14(19)17(22)23/h3-4,7,9,12-14H,1-2,5-6,8,10-11H2,(H,22,23)/t12-,13+,14-/m0/s1. The zero-order valence-corrected chi connectivity index (χ0v) is 13.1. The Morgan fingerprint density at radius 3 is 2.74 bits per heavy atom. The number of hydrogen-bond acceptors (Lipinski definition) is 3. The third-order valence-electron chi connectivity index (χ3n) is 5.13. The van der Waals surface area contributed by atoms with Gasteiger partial charge in [-0.1, -0.05) is 18.9 Å². The van der Waals surface area contributed by atoms with Gasteiger partial charge in [0.1, 0.15) is 6.04 Å². The van der Waals surface area contributed by atoms with Crippen molar-refractivity contribution in [3.63, 3.8) is 0 Å². The summed E-state index contributed by atoms with van der Waals surface area (Å²) in [7, 11) is 0. The number of aliphatic carboxylic acids is 1. The number of pyridine rings is 1. The van der Waals surface area contributed by atoms with Crippen LogP contribution in [0.3, 0.4) is 0 Å². The lowest BCUT2D eigenvalue weighted by Crippen LogP contribution is -2.46. The van der Waals surface area contributed by atoms with Crippen molar-refractivity contribution < 1.29 is 14.7 Å². The molecule has 0 unspecified atom stereocenters. The molecule has 2 fully saturated rings. The molecule has 23 heavy (non-hydrogen) atoms. The van der Waals surface area contributed by atoms with E-state index in [4.69, 9.17) is 0 Å². The molecule has 124 valence electrons. The SMILES string of the molecule is O=C(O)[C@@H]1C[C@@H]2CCCC[C@H]2N1C(=O)CCn1ccccc1=O. The summed E-state index contributed by atoms with van der Waals surface area (Å²) in [6.45, 7) is 0.290. The molecule has 1 aromatic rings. The summed E-state index contributed by atoms with van der Waals surface area (Å²) in [4.78, 5) is 37.5. The molecule has 1 saturated carbocycles. The molecule has 1 saturated heterocycles. The molecule has 0 bridgehead atoms. The van der Waals surface area contributed by atoms with E-state index in [9.17, 15) is 19.5 Å². The lowest BCUT2D eigenvalue weighted by Gasteiger charge is -2.33. The second kappa shape index (κ2) is 6.56. The Hall–Kier alpha value is -2.11. The summed E-state index contributed by atoms with van der Waals surface area (Å²) in [6.07, 6.45) is 6.46. The number of carboxylic acid groups (broad SMARTS) is 1. The Kier molecular flexibility index (Phi) is 4.50. The van der Waals surface area contributed by atoms with Gasteiger partial charge in [-0.25, -0.2) is 4.79 Å². The van der Waals surface area contributed by atoms with Crippen molar-refractivity contribution in [2.24, 2.45) is 5.92 Å². The van der Waals surface area contributed by atoms with E-state index in [2.05, 4.69) is 0 Å². The fourth-order valence-electron chi connectivity index (χ4n) is 4.03. The highest BCUT2D eigenvalue weighted by atomic mass is 16.4. The Balaban J connectivity index is 1.72. The molecule has 3 rings (SSSR count). The molecule has 0 radical (unpaired) electrons. The second-order valence-corrected chi connectivity index (χ2v) is 6.48. The van der Waals surface area contributed by atoms with E-state index < -0.39 is 12.0 Å². The maximum Gasteiger partial charge on any atom is 0.326 e. The number of aryl methyl sites for hydroxylation is 1. The minimum absolute atomic E-state index is 0.0600. The first-order chi connectivity index (χ1) is 11.1. The molecule has 6 nitrogen and oxygen atoms in total. The van der Waals surface area contributed by atoms with E-state index >= 15 is 0 Å². The molecule has 2 aliphatic rings. The van der Waals surface area contributed by atoms with E-state index in [1.165, 1.54) is 10.6 Å². The summed E-state index contributed by atoms with van der Waals surface area (Å²) < 4.78 is 1.49. The van der Waals surface area contributed by atoms with Gasteiger partial charge in [0.2, 0.25) is 5.91 Å². The van der Waals surface area contributed by atoms with Gasteiger partial charge < -0.3 is 14.6 Å². The maximum absolute atomic E-state index is 12.6. The van der Waals surface area contributed by atoms with Crippen molar-refractivity contribution in [1.82, 2.24) is 9.47 Å². The molecule has 1 N–H and O–H groups in total. The van der Waals surface area contributed by atoms with E-state index in [1.807, 2.05) is 0 Å². The van der Waals surface area contributed by atoms with E-state index in [1.54, 1.807) is 23.2 Å². The first kappa shape index (κ1) is 15.8. The Morgan fingerprint density at radius 2 is 2.00 bits per heavy atom. The number of rotatable bonds is 4. The predicted molar refractivity (Wildman–Crippen MR) is 84.0 cm³/mol. The van der Waals surface area contributed by atoms with Crippen molar-refractivity contribution in [3.8, 4) is 0 Å². The number of nitrogens with zero attached hydrogens (tertiary/aromatic N) is 2. The summed E-state index contributed by atoms with van der Waals surface area (Å²) in [5.74, 6) is -0.750. The average molecular weight is 318 g/mol. The molecular weight excluding hydrogens is 296 g/mol. The summed E-state index contributed by atoms with van der Waals surface area (Å²) in [5, 5.41) is 9.46. The summed E-state index contributed by atoms with van der Waals surface area (Å²) in [6, 6.07) is 4.22. The quantitative estimate of drug-likeness (QED) is 0.912. The molecule has 0 spiro atoms. The van der Waals surface area contributed by atoms with E-state index in [0.29, 0.717) is 18.9 Å². The van der Waals surface area contributed by atoms with Crippen LogP contribution in [0.15, 0.2) is 29.2 Å². The van der Waals surface area contributed by atoms with Gasteiger partial charge in [-0.15, -0.1) is 0 Å². The van der Waals surface area contributed by atoms with Crippen LogP contribution in [0.5, 0.6) is 0 Å². The molecular formula is C17H22N2O4. The number of fused-ring (bicyclic) bond motifs is 1. The summed E-state index contributed by atoms with van der Waals surface area (Å²) >= 11 is 0. The van der Waals surface area contributed by atoms with Crippen LogP contribution in [0, 0.1) is 5.92 Å². The van der Waals surface area contributed by atoms with Crippen LogP contribution < -0.4 is 5.56 Å². The van der Waals surface area contributed by atoms with Gasteiger partial charge in [0, 0.05) is 31.3 Å². The number of amides is 1. The molecule has 6 heteroatoms. The average Bonchev–Trinajstić information content (AvgIpc) is 2.93. The van der Waals surface area contributed by atoms with Crippen LogP contribution in [-0.4, -0.2) is 38.5 Å². The van der Waals surface area contributed by atoms with Crippen molar-refractivity contribution in [3.05, 3.63) is 34.7 Å². The third-order valence-corrected chi connectivity index (χ3v) is 5.13. The van der Waals surface area contributed by atoms with Crippen molar-refractivity contribution in [2.75, 3.05) is 0 Å². The lowest BCUT2D eigenvalue weighted by molar-refractivity contribution is -0.150. The molecule has 1 amide bonds. The normalized spacial score (nSPS) is 26.8. The van der Waals surface area contributed by atoms with Gasteiger partial charge in [-0.2, -0.15) is 0 Å². The molecule has 1 aliphatic carbocycles. The molecule has 2 heterocycles. The minimum Gasteiger partial charge on any atom is -0.480 e. The second-order valence-electron chi connectivity index (χ2n) is 6.48. The predicted octanol–water partition coefficient (Wildman–Crippen LogP) is 1.48. The molecule has 0 aromatic carbocycles. The van der Waals surface area contributed by atoms with Gasteiger partial charge in [-0.3, -0.25) is 9.59 Å². The monoisotopic (exact) mass is 318 g/mol. The zero-order valence-electron chi connectivity index (χ0n) is 13.1. The van der Waals surface area contributed by atoms with Crippen molar-refractivity contribution in [1.29, 1.82) is 0 Å². The number of carbonyl (C=O) groups excluding carboxylic acids is 1. The van der Waals surface area contributed by atoms with Gasteiger partial charge in [0.25, 0.3) is 5.56 Å². The summed E-state index contributed by atoms with van der Waals surface area (Å²) in [5.41, 5.74) is -0.146. The van der Waals surface area contributed by atoms with Gasteiger partial charge >= 0.3 is 5.97 Å². The van der Waals surface area contributed by atoms with Crippen LogP contribution in [0.2, 0.25) is 0 Å². The van der Waals surface area contributed by atoms with Crippen molar-refractivity contribution in [2.45, 2.75) is 57.2 Å². The maximum atomic E-state index is 12.6. The smallest absolute Gasteiger partial charge is 0.326 e. The first-order valence-electron chi connectivity index (χ1n) is 8.27. The van der Waals surface area contributed by atoms with Crippen LogP contribution in [0.1, 0.15) is 38.5 Å². The first-order valence-corrected chi connectivity index (χ1v) is 8.27. The Labute approximate surface area is 134 Å². The topological polar surface area (TPSA) is 79.6 Å². The van der Waals surface area contributed by atoms with Gasteiger partial charge in [0.05, 0.1) is 0 Å². The van der Waals surface area contributed by atoms with Gasteiger partial charge in [-0.05, 0) is 31.2 Å². The van der Waals surface area contributed by atoms with Crippen LogP contribution >= 0.6 is 0 Å². The van der Waals surface area contributed by atoms with E-state index in [-0.39, 0.29) is 23.9 Å². The minimum atomic E-state index is -0.912. The highest BCUT2D eigenvalue weighted by molar-refractivity contribution is 5.84. The fraction of sp³-hybridized carbons (Fsp3) is 0.588. The number of carbonyl (C=O) groups is 2. The fourth-order valence-corrected chi connectivity index (χ4v) is 4.03. The third kappa shape index (κ3) is 3.16. The lowest BCUT2D eigenvalue weighted by atomic mass is 9.84. The van der Waals surface area contributed by atoms with E-state index in [0.717, 1.165) is 25.7 Å². The largest absolute Gasteiger partial charge is 0.480 e. The van der Waals surface area contributed by atoms with Crippen LogP contribution in [0.25, 0.3) is 0 Å².